The van der Waals surface area contributed by atoms with Gasteiger partial charge in [-0.1, -0.05) is 0 Å². The lowest BCUT2D eigenvalue weighted by Crippen LogP contribution is -2.31. The summed E-state index contributed by atoms with van der Waals surface area (Å²) in [4.78, 5) is 2.37. The van der Waals surface area contributed by atoms with Crippen molar-refractivity contribution in [2.45, 2.75) is 32.4 Å². The Morgan fingerprint density at radius 1 is 1.50 bits per heavy atom. The molecule has 18 heavy (non-hydrogen) atoms. The first kappa shape index (κ1) is 12.8. The Morgan fingerprint density at radius 3 is 2.83 bits per heavy atom. The number of halogens is 1. The number of anilines is 1. The van der Waals surface area contributed by atoms with Crippen LogP contribution >= 0.6 is 0 Å². The summed E-state index contributed by atoms with van der Waals surface area (Å²) in [5, 5.41) is 11.9. The summed E-state index contributed by atoms with van der Waals surface area (Å²) in [6.07, 6.45) is 1.03. The summed E-state index contributed by atoms with van der Waals surface area (Å²) in [5.41, 5.74) is 0.845. The molecule has 4 heteroatoms. The first-order valence-corrected chi connectivity index (χ1v) is 6.30. The lowest BCUT2D eigenvalue weighted by Gasteiger charge is -2.21. The maximum Gasteiger partial charge on any atom is 0.147 e. The van der Waals surface area contributed by atoms with E-state index in [0.717, 1.165) is 19.5 Å². The van der Waals surface area contributed by atoms with E-state index in [1.54, 1.807) is 12.1 Å². The second-order valence-electron chi connectivity index (χ2n) is 5.03. The van der Waals surface area contributed by atoms with Crippen LogP contribution in [0.4, 0.5) is 10.1 Å². The quantitative estimate of drug-likeness (QED) is 0.892. The van der Waals surface area contributed by atoms with E-state index in [1.165, 1.54) is 6.07 Å². The van der Waals surface area contributed by atoms with Crippen molar-refractivity contribution in [1.82, 2.24) is 4.90 Å². The highest BCUT2D eigenvalue weighted by molar-refractivity contribution is 5.49. The van der Waals surface area contributed by atoms with E-state index in [0.29, 0.717) is 17.3 Å². The molecule has 1 heterocycles. The Hall–Kier alpha value is -1.60. The largest absolute Gasteiger partial charge is 0.379 e. The van der Waals surface area contributed by atoms with Gasteiger partial charge in [-0.15, -0.1) is 0 Å². The van der Waals surface area contributed by atoms with Crippen LogP contribution in [0.15, 0.2) is 18.2 Å². The standard InChI is InChI=1S/C14H18FN3/c1-10(2)18-6-5-12(9-18)17-14-4-3-11(8-16)7-13(14)15/h3-4,7,10,12,17H,5-6,9H2,1-2H3. The number of benzene rings is 1. The van der Waals surface area contributed by atoms with Crippen molar-refractivity contribution in [3.05, 3.63) is 29.6 Å². The van der Waals surface area contributed by atoms with E-state index in [1.807, 2.05) is 6.07 Å². The van der Waals surface area contributed by atoms with Crippen molar-refractivity contribution >= 4 is 5.69 Å². The van der Waals surface area contributed by atoms with Crippen LogP contribution in [0.2, 0.25) is 0 Å². The molecule has 2 rings (SSSR count). The zero-order valence-electron chi connectivity index (χ0n) is 10.8. The van der Waals surface area contributed by atoms with Gasteiger partial charge < -0.3 is 5.32 Å². The molecule has 0 aromatic heterocycles. The van der Waals surface area contributed by atoms with Crippen LogP contribution in [0.25, 0.3) is 0 Å². The van der Waals surface area contributed by atoms with Crippen molar-refractivity contribution in [2.75, 3.05) is 18.4 Å². The topological polar surface area (TPSA) is 39.1 Å². The second-order valence-corrected chi connectivity index (χ2v) is 5.03. The molecule has 96 valence electrons. The Kier molecular flexibility index (Phi) is 3.83. The highest BCUT2D eigenvalue weighted by atomic mass is 19.1. The average molecular weight is 247 g/mol. The van der Waals surface area contributed by atoms with Crippen LogP contribution in [0.3, 0.4) is 0 Å². The van der Waals surface area contributed by atoms with Crippen molar-refractivity contribution in [1.29, 1.82) is 5.26 Å². The SMILES string of the molecule is CC(C)N1CCC(Nc2ccc(C#N)cc2F)C1. The molecular weight excluding hydrogens is 229 g/mol. The van der Waals surface area contributed by atoms with E-state index >= 15 is 0 Å². The van der Waals surface area contributed by atoms with Gasteiger partial charge in [0.1, 0.15) is 5.82 Å². The zero-order valence-corrected chi connectivity index (χ0v) is 10.8. The molecule has 1 saturated heterocycles. The van der Waals surface area contributed by atoms with Crippen LogP contribution in [0.5, 0.6) is 0 Å². The van der Waals surface area contributed by atoms with Gasteiger partial charge in [-0.2, -0.15) is 5.26 Å². The molecule has 1 aliphatic heterocycles. The minimum Gasteiger partial charge on any atom is -0.379 e. The van der Waals surface area contributed by atoms with Crippen LogP contribution in [-0.2, 0) is 0 Å². The van der Waals surface area contributed by atoms with E-state index in [4.69, 9.17) is 5.26 Å². The molecule has 0 amide bonds. The summed E-state index contributed by atoms with van der Waals surface area (Å²) in [6, 6.07) is 7.31. The second kappa shape index (κ2) is 5.36. The molecule has 1 fully saturated rings. The van der Waals surface area contributed by atoms with Crippen molar-refractivity contribution in [3.8, 4) is 6.07 Å². The monoisotopic (exact) mass is 247 g/mol. The third-order valence-electron chi connectivity index (χ3n) is 3.41. The Labute approximate surface area is 107 Å². The Morgan fingerprint density at radius 2 is 2.28 bits per heavy atom. The number of nitriles is 1. The normalized spacial score (nSPS) is 20.1. The maximum atomic E-state index is 13.7. The highest BCUT2D eigenvalue weighted by Crippen LogP contribution is 2.20. The molecule has 0 bridgehead atoms. The summed E-state index contributed by atoms with van der Waals surface area (Å²) in [6.45, 7) is 6.33. The molecule has 1 unspecified atom stereocenters. The molecule has 3 nitrogen and oxygen atoms in total. The molecule has 0 aliphatic carbocycles. The predicted molar refractivity (Wildman–Crippen MR) is 69.9 cm³/mol. The van der Waals surface area contributed by atoms with Gasteiger partial charge in [0.25, 0.3) is 0 Å². The average Bonchev–Trinajstić information content (AvgIpc) is 2.80. The first-order chi connectivity index (χ1) is 8.60. The lowest BCUT2D eigenvalue weighted by atomic mass is 10.2. The van der Waals surface area contributed by atoms with Crippen LogP contribution < -0.4 is 5.32 Å². The number of nitrogens with zero attached hydrogens (tertiary/aromatic N) is 2. The minimum absolute atomic E-state index is 0.287. The van der Waals surface area contributed by atoms with Crippen molar-refractivity contribution in [2.24, 2.45) is 0 Å². The smallest absolute Gasteiger partial charge is 0.147 e. The van der Waals surface area contributed by atoms with E-state index < -0.39 is 0 Å². The molecule has 0 radical (unpaired) electrons. The van der Waals surface area contributed by atoms with Crippen LogP contribution in [-0.4, -0.2) is 30.1 Å². The van der Waals surface area contributed by atoms with Gasteiger partial charge in [0, 0.05) is 25.2 Å². The highest BCUT2D eigenvalue weighted by Gasteiger charge is 2.24. The third-order valence-corrected chi connectivity index (χ3v) is 3.41. The molecular formula is C14H18FN3. The Bertz CT molecular complexity index is 465. The molecule has 1 aliphatic rings. The van der Waals surface area contributed by atoms with Gasteiger partial charge in [0.05, 0.1) is 17.3 Å². The van der Waals surface area contributed by atoms with E-state index in [9.17, 15) is 4.39 Å². The molecule has 1 N–H and O–H groups in total. The molecule has 1 aromatic carbocycles. The van der Waals surface area contributed by atoms with Gasteiger partial charge in [0.15, 0.2) is 0 Å². The molecule has 0 saturated carbocycles. The summed E-state index contributed by atoms with van der Waals surface area (Å²) in [5.74, 6) is -0.350. The fourth-order valence-corrected chi connectivity index (χ4v) is 2.30. The van der Waals surface area contributed by atoms with E-state index in [2.05, 4.69) is 24.1 Å². The molecule has 1 atom stereocenters. The molecule has 0 spiro atoms. The summed E-state index contributed by atoms with van der Waals surface area (Å²) >= 11 is 0. The fraction of sp³-hybridized carbons (Fsp3) is 0.500. The van der Waals surface area contributed by atoms with Crippen LogP contribution in [0.1, 0.15) is 25.8 Å². The summed E-state index contributed by atoms with van der Waals surface area (Å²) < 4.78 is 13.7. The third kappa shape index (κ3) is 2.80. The van der Waals surface area contributed by atoms with Crippen molar-refractivity contribution in [3.63, 3.8) is 0 Å². The van der Waals surface area contributed by atoms with Gasteiger partial charge in [-0.25, -0.2) is 4.39 Å². The van der Waals surface area contributed by atoms with Crippen molar-refractivity contribution < 1.29 is 4.39 Å². The first-order valence-electron chi connectivity index (χ1n) is 6.30. The number of nitrogens with one attached hydrogen (secondary N) is 1. The predicted octanol–water partition coefficient (Wildman–Crippen LogP) is 2.59. The lowest BCUT2D eigenvalue weighted by molar-refractivity contribution is 0.274. The Balaban J connectivity index is 2.01. The fourth-order valence-electron chi connectivity index (χ4n) is 2.30. The van der Waals surface area contributed by atoms with Gasteiger partial charge in [-0.3, -0.25) is 4.90 Å². The van der Waals surface area contributed by atoms with Gasteiger partial charge >= 0.3 is 0 Å². The number of hydrogen-bond acceptors (Lipinski definition) is 3. The maximum absolute atomic E-state index is 13.7. The summed E-state index contributed by atoms with van der Waals surface area (Å²) in [7, 11) is 0. The van der Waals surface area contributed by atoms with Gasteiger partial charge in [0.2, 0.25) is 0 Å². The number of likely N-dealkylation sites (tertiary alicyclic amines) is 1. The minimum atomic E-state index is -0.350. The number of rotatable bonds is 3. The number of hydrogen-bond donors (Lipinski definition) is 1. The van der Waals surface area contributed by atoms with Gasteiger partial charge in [-0.05, 0) is 38.5 Å². The molecule has 1 aromatic rings. The van der Waals surface area contributed by atoms with E-state index in [-0.39, 0.29) is 11.9 Å². The van der Waals surface area contributed by atoms with Crippen LogP contribution in [0, 0.1) is 17.1 Å². The zero-order chi connectivity index (χ0) is 13.1.